The molecular formula is C10H19NO3. The number of amides is 1. The molecule has 1 rings (SSSR count). The first-order valence-corrected chi connectivity index (χ1v) is 5.26. The zero-order valence-electron chi connectivity index (χ0n) is 8.90. The normalized spacial score (nSPS) is 26.6. The van der Waals surface area contributed by atoms with Crippen LogP contribution in [0, 0.1) is 0 Å². The zero-order valence-corrected chi connectivity index (χ0v) is 8.90. The number of hydrogen-bond donors (Lipinski definition) is 1. The second kappa shape index (κ2) is 5.20. The Morgan fingerprint density at radius 1 is 1.64 bits per heavy atom. The minimum atomic E-state index is -0.385. The molecule has 1 amide bonds. The van der Waals surface area contributed by atoms with Crippen LogP contribution >= 0.6 is 0 Å². The zero-order chi connectivity index (χ0) is 10.6. The first-order valence-electron chi connectivity index (χ1n) is 5.26. The van der Waals surface area contributed by atoms with Gasteiger partial charge in [0.05, 0.1) is 19.3 Å². The molecule has 0 aromatic rings. The van der Waals surface area contributed by atoms with E-state index in [2.05, 4.69) is 6.92 Å². The highest BCUT2D eigenvalue weighted by Crippen LogP contribution is 2.18. The Morgan fingerprint density at radius 3 is 2.86 bits per heavy atom. The van der Waals surface area contributed by atoms with E-state index in [1.54, 1.807) is 4.90 Å². The van der Waals surface area contributed by atoms with Crippen LogP contribution in [0.4, 0.5) is 4.79 Å². The maximum absolute atomic E-state index is 11.5. The summed E-state index contributed by atoms with van der Waals surface area (Å²) in [7, 11) is 0. The Balaban J connectivity index is 2.30. The number of carbonyl (C=O) groups is 1. The van der Waals surface area contributed by atoms with E-state index in [4.69, 9.17) is 4.74 Å². The van der Waals surface area contributed by atoms with Crippen LogP contribution in [0.1, 0.15) is 33.1 Å². The predicted molar refractivity (Wildman–Crippen MR) is 53.0 cm³/mol. The monoisotopic (exact) mass is 201 g/mol. The van der Waals surface area contributed by atoms with Gasteiger partial charge in [-0.15, -0.1) is 0 Å². The topological polar surface area (TPSA) is 49.8 Å². The van der Waals surface area contributed by atoms with E-state index in [0.717, 1.165) is 12.8 Å². The second-order valence-corrected chi connectivity index (χ2v) is 3.86. The van der Waals surface area contributed by atoms with Gasteiger partial charge in [0.15, 0.2) is 0 Å². The number of aliphatic hydroxyl groups excluding tert-OH is 1. The van der Waals surface area contributed by atoms with Gasteiger partial charge < -0.3 is 14.7 Å². The SMILES string of the molecule is CCCCOC(=O)N1C[C@H](O)C[C@H]1C. The van der Waals surface area contributed by atoms with E-state index in [0.29, 0.717) is 19.6 Å². The standard InChI is InChI=1S/C10H19NO3/c1-3-4-5-14-10(13)11-7-9(12)6-8(11)2/h8-9,12H,3-7H2,1-2H3/t8-,9-/m1/s1. The summed E-state index contributed by atoms with van der Waals surface area (Å²) in [6.45, 7) is 4.87. The van der Waals surface area contributed by atoms with Crippen LogP contribution in [0.5, 0.6) is 0 Å². The van der Waals surface area contributed by atoms with Crippen molar-refractivity contribution in [2.75, 3.05) is 13.2 Å². The molecule has 1 aliphatic rings. The van der Waals surface area contributed by atoms with Gasteiger partial charge in [0, 0.05) is 6.04 Å². The summed E-state index contributed by atoms with van der Waals surface area (Å²) < 4.78 is 5.06. The molecule has 0 bridgehead atoms. The van der Waals surface area contributed by atoms with Crippen LogP contribution in [0.15, 0.2) is 0 Å². The molecule has 82 valence electrons. The van der Waals surface area contributed by atoms with E-state index in [-0.39, 0.29) is 18.2 Å². The number of nitrogens with zero attached hydrogens (tertiary/aromatic N) is 1. The number of ether oxygens (including phenoxy) is 1. The van der Waals surface area contributed by atoms with Crippen molar-refractivity contribution >= 4 is 6.09 Å². The fourth-order valence-electron chi connectivity index (χ4n) is 1.64. The van der Waals surface area contributed by atoms with E-state index in [9.17, 15) is 9.90 Å². The van der Waals surface area contributed by atoms with Crippen LogP contribution in [-0.2, 0) is 4.74 Å². The molecule has 2 atom stereocenters. The number of rotatable bonds is 3. The summed E-state index contributed by atoms with van der Waals surface area (Å²) in [6.07, 6.45) is 1.90. The van der Waals surface area contributed by atoms with E-state index >= 15 is 0 Å². The van der Waals surface area contributed by atoms with Gasteiger partial charge in [-0.25, -0.2) is 4.79 Å². The molecule has 1 N–H and O–H groups in total. The third-order valence-corrected chi connectivity index (χ3v) is 2.51. The van der Waals surface area contributed by atoms with E-state index in [1.165, 1.54) is 0 Å². The molecule has 1 heterocycles. The summed E-state index contributed by atoms with van der Waals surface area (Å²) in [5.74, 6) is 0. The van der Waals surface area contributed by atoms with Gasteiger partial charge in [-0.2, -0.15) is 0 Å². The minimum Gasteiger partial charge on any atom is -0.449 e. The molecule has 4 heteroatoms. The molecule has 14 heavy (non-hydrogen) atoms. The number of β-amino-alcohol motifs (C(OH)–C–C–N with tert-alkyl or cyclic N) is 1. The van der Waals surface area contributed by atoms with Crippen molar-refractivity contribution in [3.63, 3.8) is 0 Å². The van der Waals surface area contributed by atoms with Crippen molar-refractivity contribution in [1.29, 1.82) is 0 Å². The molecule has 1 aliphatic heterocycles. The van der Waals surface area contributed by atoms with Gasteiger partial charge in [-0.3, -0.25) is 0 Å². The Labute approximate surface area is 84.8 Å². The highest BCUT2D eigenvalue weighted by atomic mass is 16.6. The Hall–Kier alpha value is -0.770. The molecule has 0 aliphatic carbocycles. The Bertz CT molecular complexity index is 196. The molecular weight excluding hydrogens is 182 g/mol. The van der Waals surface area contributed by atoms with Crippen molar-refractivity contribution in [3.8, 4) is 0 Å². The largest absolute Gasteiger partial charge is 0.449 e. The summed E-state index contributed by atoms with van der Waals surface area (Å²) in [6, 6.07) is 0.0964. The molecule has 0 radical (unpaired) electrons. The Morgan fingerprint density at radius 2 is 2.36 bits per heavy atom. The highest BCUT2D eigenvalue weighted by molar-refractivity contribution is 5.68. The van der Waals surface area contributed by atoms with Crippen LogP contribution < -0.4 is 0 Å². The maximum atomic E-state index is 11.5. The van der Waals surface area contributed by atoms with Gasteiger partial charge in [-0.1, -0.05) is 13.3 Å². The first kappa shape index (κ1) is 11.3. The molecule has 0 spiro atoms. The molecule has 0 aromatic heterocycles. The molecule has 0 aromatic carbocycles. The maximum Gasteiger partial charge on any atom is 0.410 e. The van der Waals surface area contributed by atoms with E-state index in [1.807, 2.05) is 6.92 Å². The van der Waals surface area contributed by atoms with Crippen molar-refractivity contribution in [1.82, 2.24) is 4.90 Å². The summed E-state index contributed by atoms with van der Waals surface area (Å²) in [5, 5.41) is 9.34. The number of unbranched alkanes of at least 4 members (excludes halogenated alkanes) is 1. The van der Waals surface area contributed by atoms with Crippen molar-refractivity contribution in [2.45, 2.75) is 45.3 Å². The third-order valence-electron chi connectivity index (χ3n) is 2.51. The number of likely N-dealkylation sites (tertiary alicyclic amines) is 1. The van der Waals surface area contributed by atoms with Crippen molar-refractivity contribution in [3.05, 3.63) is 0 Å². The summed E-state index contributed by atoms with van der Waals surface area (Å²) >= 11 is 0. The second-order valence-electron chi connectivity index (χ2n) is 3.86. The smallest absolute Gasteiger partial charge is 0.410 e. The van der Waals surface area contributed by atoms with Gasteiger partial charge >= 0.3 is 6.09 Å². The average molecular weight is 201 g/mol. The lowest BCUT2D eigenvalue weighted by atomic mass is 10.2. The predicted octanol–water partition coefficient (Wildman–Crippen LogP) is 1.38. The molecule has 4 nitrogen and oxygen atoms in total. The van der Waals surface area contributed by atoms with Gasteiger partial charge in [0.2, 0.25) is 0 Å². The lowest BCUT2D eigenvalue weighted by molar-refractivity contribution is 0.0941. The van der Waals surface area contributed by atoms with Crippen LogP contribution in [0.25, 0.3) is 0 Å². The lowest BCUT2D eigenvalue weighted by Gasteiger charge is -2.20. The molecule has 1 saturated heterocycles. The quantitative estimate of drug-likeness (QED) is 0.702. The van der Waals surface area contributed by atoms with Gasteiger partial charge in [0.1, 0.15) is 0 Å². The van der Waals surface area contributed by atoms with Crippen molar-refractivity contribution < 1.29 is 14.6 Å². The fourth-order valence-corrected chi connectivity index (χ4v) is 1.64. The van der Waals surface area contributed by atoms with Crippen LogP contribution in [0.3, 0.4) is 0 Å². The summed E-state index contributed by atoms with van der Waals surface area (Å²) in [5.41, 5.74) is 0. The van der Waals surface area contributed by atoms with Crippen LogP contribution in [0.2, 0.25) is 0 Å². The van der Waals surface area contributed by atoms with Gasteiger partial charge in [0.25, 0.3) is 0 Å². The average Bonchev–Trinajstić information content (AvgIpc) is 2.45. The fraction of sp³-hybridized carbons (Fsp3) is 0.900. The number of aliphatic hydroxyl groups is 1. The van der Waals surface area contributed by atoms with Crippen LogP contribution in [-0.4, -0.2) is 41.4 Å². The molecule has 0 saturated carbocycles. The highest BCUT2D eigenvalue weighted by Gasteiger charge is 2.31. The first-order chi connectivity index (χ1) is 6.65. The number of carbonyl (C=O) groups excluding carboxylic acids is 1. The molecule has 0 unspecified atom stereocenters. The van der Waals surface area contributed by atoms with Crippen molar-refractivity contribution in [2.24, 2.45) is 0 Å². The lowest BCUT2D eigenvalue weighted by Crippen LogP contribution is -2.35. The minimum absolute atomic E-state index is 0.0964. The van der Waals surface area contributed by atoms with E-state index < -0.39 is 0 Å². The molecule has 1 fully saturated rings. The van der Waals surface area contributed by atoms with Gasteiger partial charge in [-0.05, 0) is 19.8 Å². The Kier molecular flexibility index (Phi) is 4.20. The third kappa shape index (κ3) is 2.87. The summed E-state index contributed by atoms with van der Waals surface area (Å²) in [4.78, 5) is 13.1. The number of hydrogen-bond acceptors (Lipinski definition) is 3.